The van der Waals surface area contributed by atoms with Crippen LogP contribution in [0.15, 0.2) is 28.9 Å². The van der Waals surface area contributed by atoms with Gasteiger partial charge in [0, 0.05) is 12.1 Å². The van der Waals surface area contributed by atoms with E-state index in [1.807, 2.05) is 6.07 Å². The number of hydrogen-bond acceptors (Lipinski definition) is 5. The van der Waals surface area contributed by atoms with Crippen LogP contribution in [-0.2, 0) is 17.6 Å². The van der Waals surface area contributed by atoms with Crippen LogP contribution in [0.2, 0.25) is 0 Å². The van der Waals surface area contributed by atoms with E-state index in [4.69, 9.17) is 19.0 Å². The molecule has 134 valence electrons. The summed E-state index contributed by atoms with van der Waals surface area (Å²) in [6.45, 7) is 2.06. The Bertz CT molecular complexity index is 765. The Morgan fingerprint density at radius 1 is 1.24 bits per heavy atom. The number of amides is 1. The molecule has 0 radical (unpaired) electrons. The van der Waals surface area contributed by atoms with Crippen LogP contribution in [-0.4, -0.2) is 37.7 Å². The lowest BCUT2D eigenvalue weighted by Gasteiger charge is -2.11. The van der Waals surface area contributed by atoms with Crippen LogP contribution in [0.4, 0.5) is 0 Å². The van der Waals surface area contributed by atoms with E-state index in [1.165, 1.54) is 6.26 Å². The van der Waals surface area contributed by atoms with Gasteiger partial charge in [0.15, 0.2) is 0 Å². The summed E-state index contributed by atoms with van der Waals surface area (Å²) < 4.78 is 15.7. The summed E-state index contributed by atoms with van der Waals surface area (Å²) in [6, 6.07) is 5.46. The van der Waals surface area contributed by atoms with Crippen molar-refractivity contribution in [3.63, 3.8) is 0 Å². The van der Waals surface area contributed by atoms with Gasteiger partial charge in [0.25, 0.3) is 5.91 Å². The van der Waals surface area contributed by atoms with E-state index in [9.17, 15) is 9.59 Å². The Hall–Kier alpha value is -2.96. The molecule has 1 amide bonds. The number of carboxylic acids is 1. The highest BCUT2D eigenvalue weighted by Gasteiger charge is 2.20. The standard InChI is InChI=1S/C18H21NO6/c1-11-10-25-15(9-16(20)21)17(11)18(22)19-7-6-12-8-13(23-2)4-5-14(12)24-3/h4-5,8,10H,6-7,9H2,1-3H3,(H,19,22)(H,20,21). The number of rotatable bonds is 8. The average molecular weight is 347 g/mol. The minimum atomic E-state index is -1.05. The molecule has 0 spiro atoms. The molecule has 0 aliphatic rings. The predicted octanol–water partition coefficient (Wildman–Crippen LogP) is 2.20. The molecule has 25 heavy (non-hydrogen) atoms. The number of carboxylic acid groups (broad SMARTS) is 1. The van der Waals surface area contributed by atoms with E-state index in [-0.39, 0.29) is 23.7 Å². The number of aliphatic carboxylic acids is 1. The van der Waals surface area contributed by atoms with E-state index >= 15 is 0 Å². The minimum absolute atomic E-state index is 0.154. The molecule has 7 nitrogen and oxygen atoms in total. The van der Waals surface area contributed by atoms with Gasteiger partial charge in [-0.25, -0.2) is 0 Å². The maximum absolute atomic E-state index is 12.4. The molecule has 0 atom stereocenters. The second kappa shape index (κ2) is 8.23. The van der Waals surface area contributed by atoms with Gasteiger partial charge in [-0.05, 0) is 37.1 Å². The molecule has 0 aliphatic carbocycles. The van der Waals surface area contributed by atoms with Crippen molar-refractivity contribution < 1.29 is 28.6 Å². The highest BCUT2D eigenvalue weighted by molar-refractivity contribution is 5.97. The molecule has 1 aromatic heterocycles. The van der Waals surface area contributed by atoms with Crippen LogP contribution in [0.5, 0.6) is 11.5 Å². The second-order valence-corrected chi connectivity index (χ2v) is 5.47. The SMILES string of the molecule is COc1ccc(OC)c(CCNC(=O)c2c(C)coc2CC(=O)O)c1. The maximum atomic E-state index is 12.4. The van der Waals surface area contributed by atoms with Crippen molar-refractivity contribution in [2.24, 2.45) is 0 Å². The summed E-state index contributed by atoms with van der Waals surface area (Å²) in [5.41, 5.74) is 1.78. The van der Waals surface area contributed by atoms with Crippen LogP contribution < -0.4 is 14.8 Å². The molecule has 2 aromatic rings. The van der Waals surface area contributed by atoms with E-state index in [1.54, 1.807) is 33.3 Å². The van der Waals surface area contributed by atoms with Gasteiger partial charge >= 0.3 is 5.97 Å². The summed E-state index contributed by atoms with van der Waals surface area (Å²) in [5.74, 6) is 0.160. The van der Waals surface area contributed by atoms with Gasteiger partial charge in [0.05, 0.1) is 26.0 Å². The first-order valence-electron chi connectivity index (χ1n) is 7.74. The van der Waals surface area contributed by atoms with E-state index in [2.05, 4.69) is 5.32 Å². The van der Waals surface area contributed by atoms with Crippen molar-refractivity contribution in [1.82, 2.24) is 5.32 Å². The van der Waals surface area contributed by atoms with Gasteiger partial charge in [-0.1, -0.05) is 0 Å². The Balaban J connectivity index is 2.04. The van der Waals surface area contributed by atoms with Crippen LogP contribution >= 0.6 is 0 Å². The van der Waals surface area contributed by atoms with Gasteiger partial charge in [-0.2, -0.15) is 0 Å². The van der Waals surface area contributed by atoms with E-state index < -0.39 is 5.97 Å². The maximum Gasteiger partial charge on any atom is 0.311 e. The monoisotopic (exact) mass is 347 g/mol. The molecule has 0 unspecified atom stereocenters. The molecule has 0 fully saturated rings. The summed E-state index contributed by atoms with van der Waals surface area (Å²) in [4.78, 5) is 23.2. The number of furan rings is 1. The predicted molar refractivity (Wildman–Crippen MR) is 90.4 cm³/mol. The van der Waals surface area contributed by atoms with Gasteiger partial charge < -0.3 is 24.3 Å². The number of nitrogens with one attached hydrogen (secondary N) is 1. The van der Waals surface area contributed by atoms with Crippen molar-refractivity contribution in [2.75, 3.05) is 20.8 Å². The number of aryl methyl sites for hydroxylation is 1. The first-order valence-corrected chi connectivity index (χ1v) is 7.74. The third-order valence-corrected chi connectivity index (χ3v) is 3.76. The quantitative estimate of drug-likeness (QED) is 0.760. The van der Waals surface area contributed by atoms with Gasteiger partial charge in [0.2, 0.25) is 0 Å². The topological polar surface area (TPSA) is 98.0 Å². The molecule has 7 heteroatoms. The molecule has 2 rings (SSSR count). The van der Waals surface area contributed by atoms with Crippen molar-refractivity contribution in [3.05, 3.63) is 46.9 Å². The van der Waals surface area contributed by atoms with E-state index in [0.717, 1.165) is 5.56 Å². The third-order valence-electron chi connectivity index (χ3n) is 3.76. The smallest absolute Gasteiger partial charge is 0.311 e. The van der Waals surface area contributed by atoms with Crippen LogP contribution in [0.25, 0.3) is 0 Å². The van der Waals surface area contributed by atoms with Crippen LogP contribution in [0.3, 0.4) is 0 Å². The zero-order valence-electron chi connectivity index (χ0n) is 14.4. The van der Waals surface area contributed by atoms with E-state index in [0.29, 0.717) is 30.0 Å². The van der Waals surface area contributed by atoms with Gasteiger partial charge in [-0.15, -0.1) is 0 Å². The molecular formula is C18H21NO6. The van der Waals surface area contributed by atoms with Crippen LogP contribution in [0, 0.1) is 6.92 Å². The zero-order chi connectivity index (χ0) is 18.4. The summed E-state index contributed by atoms with van der Waals surface area (Å²) in [6.07, 6.45) is 1.59. The Morgan fingerprint density at radius 3 is 2.64 bits per heavy atom. The number of carbonyl (C=O) groups excluding carboxylic acids is 1. The fraction of sp³-hybridized carbons (Fsp3) is 0.333. The first kappa shape index (κ1) is 18.4. The Morgan fingerprint density at radius 2 is 2.00 bits per heavy atom. The fourth-order valence-corrected chi connectivity index (χ4v) is 2.55. The first-order chi connectivity index (χ1) is 12.0. The number of hydrogen-bond donors (Lipinski definition) is 2. The summed E-state index contributed by atoms with van der Waals surface area (Å²) in [7, 11) is 3.16. The summed E-state index contributed by atoms with van der Waals surface area (Å²) >= 11 is 0. The Kier molecular flexibility index (Phi) is 6.05. The highest BCUT2D eigenvalue weighted by atomic mass is 16.5. The van der Waals surface area contributed by atoms with Gasteiger partial charge in [0.1, 0.15) is 23.7 Å². The lowest BCUT2D eigenvalue weighted by molar-refractivity contribution is -0.136. The fourth-order valence-electron chi connectivity index (χ4n) is 2.55. The molecule has 2 N–H and O–H groups in total. The second-order valence-electron chi connectivity index (χ2n) is 5.47. The summed E-state index contributed by atoms with van der Waals surface area (Å²) in [5, 5.41) is 11.7. The lowest BCUT2D eigenvalue weighted by Crippen LogP contribution is -2.27. The zero-order valence-corrected chi connectivity index (χ0v) is 14.4. The van der Waals surface area contributed by atoms with Crippen molar-refractivity contribution >= 4 is 11.9 Å². The average Bonchev–Trinajstić information content (AvgIpc) is 2.94. The molecule has 0 aliphatic heterocycles. The van der Waals surface area contributed by atoms with Crippen LogP contribution in [0.1, 0.15) is 27.2 Å². The molecule has 0 bridgehead atoms. The number of ether oxygens (including phenoxy) is 2. The lowest BCUT2D eigenvalue weighted by atomic mass is 10.1. The largest absolute Gasteiger partial charge is 0.497 e. The molecule has 1 aromatic carbocycles. The third kappa shape index (κ3) is 4.53. The molecule has 0 saturated heterocycles. The van der Waals surface area contributed by atoms with Crippen molar-refractivity contribution in [1.29, 1.82) is 0 Å². The minimum Gasteiger partial charge on any atom is -0.497 e. The number of methoxy groups -OCH3 is 2. The Labute approximate surface area is 145 Å². The highest BCUT2D eigenvalue weighted by Crippen LogP contribution is 2.24. The molecule has 0 saturated carbocycles. The normalized spacial score (nSPS) is 10.4. The van der Waals surface area contributed by atoms with Crippen molar-refractivity contribution in [2.45, 2.75) is 19.8 Å². The van der Waals surface area contributed by atoms with Crippen molar-refractivity contribution in [3.8, 4) is 11.5 Å². The molecular weight excluding hydrogens is 326 g/mol. The number of benzene rings is 1. The van der Waals surface area contributed by atoms with Gasteiger partial charge in [-0.3, -0.25) is 9.59 Å². The molecule has 1 heterocycles. The number of carbonyl (C=O) groups is 2.